The summed E-state index contributed by atoms with van der Waals surface area (Å²) in [4.78, 5) is 21.9. The average Bonchev–Trinajstić information content (AvgIpc) is 2.27. The average molecular weight is 307 g/mol. The molecule has 0 bridgehead atoms. The predicted octanol–water partition coefficient (Wildman–Crippen LogP) is -2.09. The van der Waals surface area contributed by atoms with E-state index in [4.69, 9.17) is 4.74 Å². The largest absolute Gasteiger partial charge is 1.00 e. The number of aliphatic carboxylic acids is 1. The van der Waals surface area contributed by atoms with Crippen LogP contribution in [-0.4, -0.2) is 18.9 Å². The second-order valence-corrected chi connectivity index (χ2v) is 3.72. The maximum atomic E-state index is 11.6. The van der Waals surface area contributed by atoms with Crippen LogP contribution in [0.2, 0.25) is 0 Å². The molecule has 1 rings (SSSR count). The number of ketones is 1. The SMILES string of the molecule is COc1ccc(C(=O)/C(Br)=C\C(=O)[O-])cc1.[Na+]. The summed E-state index contributed by atoms with van der Waals surface area (Å²) < 4.78 is 4.87. The summed E-state index contributed by atoms with van der Waals surface area (Å²) in [6, 6.07) is 6.33. The molecule has 0 radical (unpaired) electrons. The fraction of sp³-hybridized carbons (Fsp3) is 0.0909. The molecule has 0 heterocycles. The van der Waals surface area contributed by atoms with Gasteiger partial charge in [0.1, 0.15) is 5.75 Å². The third kappa shape index (κ3) is 5.04. The summed E-state index contributed by atoms with van der Waals surface area (Å²) >= 11 is 2.88. The normalized spacial score (nSPS) is 10.4. The van der Waals surface area contributed by atoms with Gasteiger partial charge < -0.3 is 14.6 Å². The van der Waals surface area contributed by atoms with E-state index in [1.165, 1.54) is 7.11 Å². The van der Waals surface area contributed by atoms with E-state index in [-0.39, 0.29) is 34.0 Å². The number of halogens is 1. The van der Waals surface area contributed by atoms with Gasteiger partial charge in [0.2, 0.25) is 0 Å². The van der Waals surface area contributed by atoms with E-state index in [2.05, 4.69) is 15.9 Å². The van der Waals surface area contributed by atoms with E-state index in [1.54, 1.807) is 24.3 Å². The van der Waals surface area contributed by atoms with Gasteiger partial charge in [-0.05, 0) is 46.3 Å². The van der Waals surface area contributed by atoms with E-state index < -0.39 is 11.8 Å². The Morgan fingerprint density at radius 2 is 1.82 bits per heavy atom. The van der Waals surface area contributed by atoms with Gasteiger partial charge in [0.05, 0.1) is 17.6 Å². The van der Waals surface area contributed by atoms with Crippen LogP contribution < -0.4 is 39.4 Å². The minimum Gasteiger partial charge on any atom is -0.545 e. The zero-order valence-electron chi connectivity index (χ0n) is 9.40. The number of benzene rings is 1. The zero-order valence-corrected chi connectivity index (χ0v) is 13.0. The zero-order chi connectivity index (χ0) is 12.1. The molecule has 0 aromatic heterocycles. The van der Waals surface area contributed by atoms with Gasteiger partial charge in [-0.3, -0.25) is 4.79 Å². The Bertz CT molecular complexity index is 439. The molecule has 1 aromatic rings. The van der Waals surface area contributed by atoms with Gasteiger partial charge in [0.25, 0.3) is 0 Å². The third-order valence-corrected chi connectivity index (χ3v) is 2.40. The summed E-state index contributed by atoms with van der Waals surface area (Å²) in [5.41, 5.74) is 0.366. The molecule has 0 aliphatic rings. The number of methoxy groups -OCH3 is 1. The molecule has 1 aromatic carbocycles. The molecule has 0 fully saturated rings. The van der Waals surface area contributed by atoms with Crippen molar-refractivity contribution < 1.29 is 49.0 Å². The fourth-order valence-electron chi connectivity index (χ4n) is 1.05. The van der Waals surface area contributed by atoms with Crippen LogP contribution in [0.25, 0.3) is 0 Å². The molecule has 84 valence electrons. The van der Waals surface area contributed by atoms with E-state index in [9.17, 15) is 14.7 Å². The number of Topliss-reactive ketones (excluding diaryl/α,β-unsaturated/α-hetero) is 1. The number of carboxylic acids is 1. The Morgan fingerprint density at radius 1 is 1.29 bits per heavy atom. The van der Waals surface area contributed by atoms with Crippen molar-refractivity contribution in [1.82, 2.24) is 0 Å². The Labute approximate surface area is 129 Å². The van der Waals surface area contributed by atoms with Crippen LogP contribution in [0.4, 0.5) is 0 Å². The summed E-state index contributed by atoms with van der Waals surface area (Å²) in [5, 5.41) is 10.3. The van der Waals surface area contributed by atoms with Crippen LogP contribution >= 0.6 is 15.9 Å². The van der Waals surface area contributed by atoms with Crippen molar-refractivity contribution in [3.05, 3.63) is 40.4 Å². The number of ether oxygens (including phenoxy) is 1. The number of carboxylic acid groups (broad SMARTS) is 1. The predicted molar refractivity (Wildman–Crippen MR) is 59.3 cm³/mol. The minimum absolute atomic E-state index is 0. The molecule has 0 saturated carbocycles. The first-order chi connectivity index (χ1) is 7.54. The molecule has 4 nitrogen and oxygen atoms in total. The van der Waals surface area contributed by atoms with Crippen molar-refractivity contribution in [2.75, 3.05) is 7.11 Å². The van der Waals surface area contributed by atoms with Gasteiger partial charge in [0.15, 0.2) is 5.78 Å². The maximum Gasteiger partial charge on any atom is 1.00 e. The van der Waals surface area contributed by atoms with Crippen LogP contribution in [0.5, 0.6) is 5.75 Å². The van der Waals surface area contributed by atoms with E-state index >= 15 is 0 Å². The Hall–Kier alpha value is -0.620. The summed E-state index contributed by atoms with van der Waals surface area (Å²) in [6.07, 6.45) is 0.701. The minimum atomic E-state index is -1.42. The number of carbonyl (C=O) groups excluding carboxylic acids is 2. The first kappa shape index (κ1) is 16.4. The van der Waals surface area contributed by atoms with Crippen molar-refractivity contribution in [2.24, 2.45) is 0 Å². The Kier molecular flexibility index (Phi) is 7.38. The molecule has 0 amide bonds. The van der Waals surface area contributed by atoms with Crippen LogP contribution in [0.15, 0.2) is 34.8 Å². The second-order valence-electron chi connectivity index (χ2n) is 2.87. The maximum absolute atomic E-state index is 11.6. The van der Waals surface area contributed by atoms with Crippen molar-refractivity contribution in [3.63, 3.8) is 0 Å². The molecule has 0 aliphatic carbocycles. The standard InChI is InChI=1S/C11H9BrO4.Na/c1-16-8-4-2-7(3-5-8)11(15)9(12)6-10(13)14;/h2-6H,1H3,(H,13,14);/q;+1/p-1/b9-6+;. The van der Waals surface area contributed by atoms with Crippen molar-refractivity contribution in [2.45, 2.75) is 0 Å². The van der Waals surface area contributed by atoms with Gasteiger partial charge in [-0.15, -0.1) is 0 Å². The number of rotatable bonds is 4. The summed E-state index contributed by atoms with van der Waals surface area (Å²) in [7, 11) is 1.52. The smallest absolute Gasteiger partial charge is 0.545 e. The molecule has 0 aliphatic heterocycles. The number of hydrogen-bond donors (Lipinski definition) is 0. The molecule has 0 saturated heterocycles. The quantitative estimate of drug-likeness (QED) is 0.363. The first-order valence-corrected chi connectivity index (χ1v) is 5.11. The molecule has 6 heteroatoms. The molecule has 0 N–H and O–H groups in total. The van der Waals surface area contributed by atoms with Gasteiger partial charge in [0, 0.05) is 5.56 Å². The monoisotopic (exact) mass is 306 g/mol. The van der Waals surface area contributed by atoms with Crippen molar-refractivity contribution >= 4 is 27.7 Å². The molecule has 0 spiro atoms. The molecular formula is C11H8BrNaO4. The molecule has 0 unspecified atom stereocenters. The van der Waals surface area contributed by atoms with Crippen LogP contribution in [0.3, 0.4) is 0 Å². The van der Waals surface area contributed by atoms with E-state index in [1.807, 2.05) is 0 Å². The van der Waals surface area contributed by atoms with Crippen LogP contribution in [0.1, 0.15) is 10.4 Å². The van der Waals surface area contributed by atoms with Crippen molar-refractivity contribution in [3.8, 4) is 5.75 Å². The van der Waals surface area contributed by atoms with E-state index in [0.29, 0.717) is 17.4 Å². The Balaban J connectivity index is 0.00000256. The number of carbonyl (C=O) groups is 2. The summed E-state index contributed by atoms with van der Waals surface area (Å²) in [5.74, 6) is -1.22. The molecule has 17 heavy (non-hydrogen) atoms. The summed E-state index contributed by atoms with van der Waals surface area (Å²) in [6.45, 7) is 0. The van der Waals surface area contributed by atoms with Crippen LogP contribution in [0, 0.1) is 0 Å². The first-order valence-electron chi connectivity index (χ1n) is 4.31. The van der Waals surface area contributed by atoms with Crippen LogP contribution in [-0.2, 0) is 4.79 Å². The number of allylic oxidation sites excluding steroid dienone is 1. The van der Waals surface area contributed by atoms with Gasteiger partial charge in [-0.1, -0.05) is 0 Å². The second kappa shape index (κ2) is 7.66. The number of hydrogen-bond acceptors (Lipinski definition) is 4. The topological polar surface area (TPSA) is 66.4 Å². The van der Waals surface area contributed by atoms with Gasteiger partial charge >= 0.3 is 29.6 Å². The van der Waals surface area contributed by atoms with Crippen molar-refractivity contribution in [1.29, 1.82) is 0 Å². The molecule has 0 atom stereocenters. The fourth-order valence-corrected chi connectivity index (χ4v) is 1.47. The molecular weight excluding hydrogens is 299 g/mol. The Morgan fingerprint density at radius 3 is 2.24 bits per heavy atom. The van der Waals surface area contributed by atoms with Gasteiger partial charge in [-0.25, -0.2) is 0 Å². The van der Waals surface area contributed by atoms with Gasteiger partial charge in [-0.2, -0.15) is 0 Å². The van der Waals surface area contributed by atoms with E-state index in [0.717, 1.165) is 0 Å². The third-order valence-electron chi connectivity index (χ3n) is 1.81.